The van der Waals surface area contributed by atoms with Crippen molar-refractivity contribution in [1.82, 2.24) is 4.90 Å². The van der Waals surface area contributed by atoms with E-state index in [1.54, 1.807) is 26.4 Å². The molecule has 2 rings (SSSR count). The van der Waals surface area contributed by atoms with Gasteiger partial charge >= 0.3 is 0 Å². The SMILES string of the molecule is CCCCN(C(=O)c1cc(OC)c(OC)cc1N)C1CC1. The summed E-state index contributed by atoms with van der Waals surface area (Å²) in [5, 5.41) is 0. The average molecular weight is 292 g/mol. The van der Waals surface area contributed by atoms with E-state index in [4.69, 9.17) is 15.2 Å². The van der Waals surface area contributed by atoms with Gasteiger partial charge in [-0.2, -0.15) is 0 Å². The maximum atomic E-state index is 12.8. The standard InChI is InChI=1S/C16H24N2O3/c1-4-5-8-18(11-6-7-11)16(19)12-9-14(20-2)15(21-3)10-13(12)17/h9-11H,4-8,17H2,1-3H3. The number of hydrogen-bond donors (Lipinski definition) is 1. The Morgan fingerprint density at radius 3 is 2.43 bits per heavy atom. The summed E-state index contributed by atoms with van der Waals surface area (Å²) in [6.45, 7) is 2.91. The lowest BCUT2D eigenvalue weighted by Crippen LogP contribution is -2.34. The van der Waals surface area contributed by atoms with E-state index in [0.717, 1.165) is 32.2 Å². The summed E-state index contributed by atoms with van der Waals surface area (Å²) in [5.41, 5.74) is 6.95. The summed E-state index contributed by atoms with van der Waals surface area (Å²) in [7, 11) is 3.11. The number of ether oxygens (including phenoxy) is 2. The maximum Gasteiger partial charge on any atom is 0.256 e. The van der Waals surface area contributed by atoms with Crippen LogP contribution in [0.4, 0.5) is 5.69 Å². The fourth-order valence-electron chi connectivity index (χ4n) is 2.40. The second-order valence-corrected chi connectivity index (χ2v) is 5.38. The molecule has 0 heterocycles. The molecule has 1 aromatic carbocycles. The molecule has 0 aliphatic heterocycles. The number of carbonyl (C=O) groups excluding carboxylic acids is 1. The molecule has 0 radical (unpaired) electrons. The first-order chi connectivity index (χ1) is 10.1. The van der Waals surface area contributed by atoms with Gasteiger partial charge in [-0.1, -0.05) is 13.3 Å². The number of rotatable bonds is 7. The minimum atomic E-state index is -0.00981. The molecule has 1 amide bonds. The number of nitrogens with two attached hydrogens (primary N) is 1. The minimum absolute atomic E-state index is 0.00981. The predicted molar refractivity (Wildman–Crippen MR) is 82.9 cm³/mol. The Hall–Kier alpha value is -1.91. The molecule has 0 saturated heterocycles. The van der Waals surface area contributed by atoms with Crippen LogP contribution in [0.5, 0.6) is 11.5 Å². The van der Waals surface area contributed by atoms with Gasteiger partial charge in [0.2, 0.25) is 0 Å². The highest BCUT2D eigenvalue weighted by Gasteiger charge is 2.33. The number of amides is 1. The molecule has 0 bridgehead atoms. The van der Waals surface area contributed by atoms with Crippen LogP contribution in [0.15, 0.2) is 12.1 Å². The van der Waals surface area contributed by atoms with Crippen LogP contribution in [0, 0.1) is 0 Å². The number of methoxy groups -OCH3 is 2. The molecule has 1 aliphatic carbocycles. The summed E-state index contributed by atoms with van der Waals surface area (Å²) in [5.74, 6) is 1.06. The lowest BCUT2D eigenvalue weighted by molar-refractivity contribution is 0.0741. The van der Waals surface area contributed by atoms with Gasteiger partial charge in [0, 0.05) is 24.3 Å². The van der Waals surface area contributed by atoms with Crippen LogP contribution in [-0.2, 0) is 0 Å². The highest BCUT2D eigenvalue weighted by Crippen LogP contribution is 2.35. The summed E-state index contributed by atoms with van der Waals surface area (Å²) in [4.78, 5) is 14.7. The van der Waals surface area contributed by atoms with Gasteiger partial charge in [-0.05, 0) is 25.3 Å². The third-order valence-electron chi connectivity index (χ3n) is 3.79. The van der Waals surface area contributed by atoms with Gasteiger partial charge in [-0.25, -0.2) is 0 Å². The largest absolute Gasteiger partial charge is 0.493 e. The molecular formula is C16H24N2O3. The molecule has 1 fully saturated rings. The Kier molecular flexibility index (Phi) is 4.94. The highest BCUT2D eigenvalue weighted by atomic mass is 16.5. The zero-order valence-electron chi connectivity index (χ0n) is 13.0. The summed E-state index contributed by atoms with van der Waals surface area (Å²) < 4.78 is 10.5. The molecule has 0 spiro atoms. The van der Waals surface area contributed by atoms with Crippen LogP contribution in [0.25, 0.3) is 0 Å². The van der Waals surface area contributed by atoms with E-state index in [-0.39, 0.29) is 5.91 Å². The van der Waals surface area contributed by atoms with Crippen LogP contribution < -0.4 is 15.2 Å². The minimum Gasteiger partial charge on any atom is -0.493 e. The molecule has 1 aliphatic rings. The fourth-order valence-corrected chi connectivity index (χ4v) is 2.40. The van der Waals surface area contributed by atoms with Crippen molar-refractivity contribution >= 4 is 11.6 Å². The van der Waals surface area contributed by atoms with Crippen molar-refractivity contribution in [3.63, 3.8) is 0 Å². The van der Waals surface area contributed by atoms with E-state index in [2.05, 4.69) is 6.92 Å². The Morgan fingerprint density at radius 2 is 1.90 bits per heavy atom. The van der Waals surface area contributed by atoms with E-state index >= 15 is 0 Å². The van der Waals surface area contributed by atoms with Crippen molar-refractivity contribution < 1.29 is 14.3 Å². The van der Waals surface area contributed by atoms with Crippen molar-refractivity contribution in [3.8, 4) is 11.5 Å². The Balaban J connectivity index is 2.28. The molecule has 0 unspecified atom stereocenters. The number of carbonyl (C=O) groups is 1. The average Bonchev–Trinajstić information content (AvgIpc) is 3.31. The number of nitrogens with zero attached hydrogens (tertiary/aromatic N) is 1. The smallest absolute Gasteiger partial charge is 0.256 e. The number of anilines is 1. The van der Waals surface area contributed by atoms with Crippen LogP contribution >= 0.6 is 0 Å². The fraction of sp³-hybridized carbons (Fsp3) is 0.562. The van der Waals surface area contributed by atoms with Crippen LogP contribution in [0.2, 0.25) is 0 Å². The highest BCUT2D eigenvalue weighted by molar-refractivity contribution is 6.00. The molecule has 21 heavy (non-hydrogen) atoms. The van der Waals surface area contributed by atoms with Crippen LogP contribution in [0.1, 0.15) is 43.0 Å². The molecular weight excluding hydrogens is 268 g/mol. The van der Waals surface area contributed by atoms with Crippen molar-refractivity contribution in [3.05, 3.63) is 17.7 Å². The van der Waals surface area contributed by atoms with Crippen molar-refractivity contribution in [1.29, 1.82) is 0 Å². The van der Waals surface area contributed by atoms with Crippen LogP contribution in [0.3, 0.4) is 0 Å². The number of nitrogen functional groups attached to an aromatic ring is 1. The number of hydrogen-bond acceptors (Lipinski definition) is 4. The molecule has 0 aromatic heterocycles. The first-order valence-electron chi connectivity index (χ1n) is 7.44. The third kappa shape index (κ3) is 3.40. The molecule has 5 nitrogen and oxygen atoms in total. The van der Waals surface area contributed by atoms with Gasteiger partial charge < -0.3 is 20.1 Å². The van der Waals surface area contributed by atoms with Crippen molar-refractivity contribution in [2.24, 2.45) is 0 Å². The maximum absolute atomic E-state index is 12.8. The van der Waals surface area contributed by atoms with E-state index in [9.17, 15) is 4.79 Å². The molecule has 1 saturated carbocycles. The Bertz CT molecular complexity index is 512. The molecule has 1 aromatic rings. The molecule has 5 heteroatoms. The quantitative estimate of drug-likeness (QED) is 0.785. The van der Waals surface area contributed by atoms with Gasteiger partial charge in [0.25, 0.3) is 5.91 Å². The van der Waals surface area contributed by atoms with E-state index in [1.807, 2.05) is 4.90 Å². The van der Waals surface area contributed by atoms with E-state index in [1.165, 1.54) is 0 Å². The Labute approximate surface area is 126 Å². The normalized spacial score (nSPS) is 13.9. The van der Waals surface area contributed by atoms with Gasteiger partial charge in [-0.3, -0.25) is 4.79 Å². The second kappa shape index (κ2) is 6.70. The van der Waals surface area contributed by atoms with Crippen LogP contribution in [-0.4, -0.2) is 37.6 Å². The van der Waals surface area contributed by atoms with Gasteiger partial charge in [0.15, 0.2) is 11.5 Å². The molecule has 2 N–H and O–H groups in total. The first kappa shape index (κ1) is 15.5. The lowest BCUT2D eigenvalue weighted by Gasteiger charge is -2.23. The predicted octanol–water partition coefficient (Wildman–Crippen LogP) is 2.69. The molecule has 116 valence electrons. The third-order valence-corrected chi connectivity index (χ3v) is 3.79. The van der Waals surface area contributed by atoms with Crippen molar-refractivity contribution in [2.45, 2.75) is 38.6 Å². The van der Waals surface area contributed by atoms with Crippen molar-refractivity contribution in [2.75, 3.05) is 26.5 Å². The number of benzene rings is 1. The monoisotopic (exact) mass is 292 g/mol. The lowest BCUT2D eigenvalue weighted by atomic mass is 10.1. The molecule has 0 atom stereocenters. The first-order valence-corrected chi connectivity index (χ1v) is 7.44. The summed E-state index contributed by atoms with van der Waals surface area (Å²) >= 11 is 0. The zero-order chi connectivity index (χ0) is 15.4. The second-order valence-electron chi connectivity index (χ2n) is 5.38. The van der Waals surface area contributed by atoms with Gasteiger partial charge in [0.05, 0.1) is 19.8 Å². The van der Waals surface area contributed by atoms with Gasteiger partial charge in [-0.15, -0.1) is 0 Å². The topological polar surface area (TPSA) is 64.8 Å². The van der Waals surface area contributed by atoms with E-state index < -0.39 is 0 Å². The summed E-state index contributed by atoms with van der Waals surface area (Å²) in [6.07, 6.45) is 4.25. The van der Waals surface area contributed by atoms with Gasteiger partial charge in [0.1, 0.15) is 0 Å². The number of unbranched alkanes of at least 4 members (excludes halogenated alkanes) is 1. The van der Waals surface area contributed by atoms with E-state index in [0.29, 0.717) is 28.8 Å². The Morgan fingerprint density at radius 1 is 1.29 bits per heavy atom. The summed E-state index contributed by atoms with van der Waals surface area (Å²) in [6, 6.07) is 3.70. The zero-order valence-corrected chi connectivity index (χ0v) is 13.0.